The van der Waals surface area contributed by atoms with Crippen molar-refractivity contribution >= 4 is 11.6 Å². The SMILES string of the molecule is CC(C)(C)[C@@H](N)c1cc(C(F)(F)F)cc(Cl)c1F. The number of alkyl halides is 3. The van der Waals surface area contributed by atoms with Gasteiger partial charge in [-0.15, -0.1) is 0 Å². The van der Waals surface area contributed by atoms with Gasteiger partial charge in [0.05, 0.1) is 10.6 Å². The summed E-state index contributed by atoms with van der Waals surface area (Å²) in [6, 6.07) is 0.407. The van der Waals surface area contributed by atoms with Crippen LogP contribution in [0.5, 0.6) is 0 Å². The molecule has 102 valence electrons. The first kappa shape index (κ1) is 15.2. The van der Waals surface area contributed by atoms with E-state index in [2.05, 4.69) is 0 Å². The van der Waals surface area contributed by atoms with Crippen LogP contribution in [0.1, 0.15) is 37.9 Å². The highest BCUT2D eigenvalue weighted by molar-refractivity contribution is 6.30. The quantitative estimate of drug-likeness (QED) is 0.752. The van der Waals surface area contributed by atoms with Crippen molar-refractivity contribution in [3.63, 3.8) is 0 Å². The molecule has 0 spiro atoms. The van der Waals surface area contributed by atoms with Crippen LogP contribution in [0, 0.1) is 11.2 Å². The molecule has 1 aromatic rings. The minimum atomic E-state index is -4.58. The maximum atomic E-state index is 13.8. The molecule has 1 nitrogen and oxygen atoms in total. The third-order valence-corrected chi connectivity index (χ3v) is 2.93. The molecule has 6 heteroatoms. The molecule has 0 saturated carbocycles. The van der Waals surface area contributed by atoms with Crippen LogP contribution in [0.25, 0.3) is 0 Å². The summed E-state index contributed by atoms with van der Waals surface area (Å²) < 4.78 is 51.6. The molecule has 0 bridgehead atoms. The third kappa shape index (κ3) is 3.14. The average molecular weight is 284 g/mol. The lowest BCUT2D eigenvalue weighted by Gasteiger charge is -2.28. The summed E-state index contributed by atoms with van der Waals surface area (Å²) in [6.07, 6.45) is -4.58. The summed E-state index contributed by atoms with van der Waals surface area (Å²) in [7, 11) is 0. The van der Waals surface area contributed by atoms with E-state index in [1.165, 1.54) is 0 Å². The van der Waals surface area contributed by atoms with Gasteiger partial charge in [0.25, 0.3) is 0 Å². The molecule has 0 heterocycles. The van der Waals surface area contributed by atoms with E-state index in [9.17, 15) is 17.6 Å². The fourth-order valence-electron chi connectivity index (χ4n) is 1.47. The molecule has 0 aliphatic heterocycles. The average Bonchev–Trinajstić information content (AvgIpc) is 2.17. The Morgan fingerprint density at radius 2 is 1.67 bits per heavy atom. The van der Waals surface area contributed by atoms with Crippen LogP contribution >= 0.6 is 11.6 Å². The van der Waals surface area contributed by atoms with Gasteiger partial charge < -0.3 is 5.73 Å². The van der Waals surface area contributed by atoms with E-state index >= 15 is 0 Å². The molecule has 0 amide bonds. The summed E-state index contributed by atoms with van der Waals surface area (Å²) in [5, 5.41) is -0.570. The second kappa shape index (κ2) is 4.70. The predicted octanol–water partition coefficient (Wildman–Crippen LogP) is 4.54. The lowest BCUT2D eigenvalue weighted by molar-refractivity contribution is -0.137. The lowest BCUT2D eigenvalue weighted by Crippen LogP contribution is -2.27. The molecule has 1 atom stereocenters. The molecule has 2 N–H and O–H groups in total. The number of halogens is 5. The molecule has 1 rings (SSSR count). The summed E-state index contributed by atoms with van der Waals surface area (Å²) in [4.78, 5) is 0. The fraction of sp³-hybridized carbons (Fsp3) is 0.500. The van der Waals surface area contributed by atoms with Gasteiger partial charge in [0.15, 0.2) is 0 Å². The Balaban J connectivity index is 3.41. The van der Waals surface area contributed by atoms with Crippen molar-refractivity contribution < 1.29 is 17.6 Å². The molecule has 0 aromatic heterocycles. The molecule has 0 fully saturated rings. The zero-order valence-electron chi connectivity index (χ0n) is 10.2. The van der Waals surface area contributed by atoms with Gasteiger partial charge in [0.1, 0.15) is 5.82 Å². The summed E-state index contributed by atoms with van der Waals surface area (Å²) in [5.41, 5.74) is 4.00. The highest BCUT2D eigenvalue weighted by atomic mass is 35.5. The molecule has 0 unspecified atom stereocenters. The van der Waals surface area contributed by atoms with Crippen molar-refractivity contribution in [3.05, 3.63) is 34.1 Å². The van der Waals surface area contributed by atoms with Crippen LogP contribution in [0.4, 0.5) is 17.6 Å². The summed E-state index contributed by atoms with van der Waals surface area (Å²) >= 11 is 5.49. The van der Waals surface area contributed by atoms with E-state index in [0.29, 0.717) is 6.07 Å². The Kier molecular flexibility index (Phi) is 3.98. The second-order valence-corrected chi connectivity index (χ2v) is 5.61. The Morgan fingerprint density at radius 1 is 1.17 bits per heavy atom. The van der Waals surface area contributed by atoms with Gasteiger partial charge in [-0.25, -0.2) is 4.39 Å². The molecule has 1 aromatic carbocycles. The van der Waals surface area contributed by atoms with Gasteiger partial charge in [0, 0.05) is 11.6 Å². The standard InChI is InChI=1S/C12H14ClF4N/c1-11(2,3)10(18)7-4-6(12(15,16)17)5-8(13)9(7)14/h4-5,10H,18H2,1-3H3/t10-/m0/s1. The zero-order chi connectivity index (χ0) is 14.3. The van der Waals surface area contributed by atoms with Crippen LogP contribution in [0.15, 0.2) is 12.1 Å². The molecular formula is C12H14ClF4N. The maximum absolute atomic E-state index is 13.8. The van der Waals surface area contributed by atoms with Crippen LogP contribution in [0.2, 0.25) is 5.02 Å². The van der Waals surface area contributed by atoms with E-state index in [4.69, 9.17) is 17.3 Å². The number of hydrogen-bond acceptors (Lipinski definition) is 1. The first-order chi connectivity index (χ1) is 7.94. The van der Waals surface area contributed by atoms with Crippen molar-refractivity contribution in [2.45, 2.75) is 33.0 Å². The Bertz CT molecular complexity index is 449. The third-order valence-electron chi connectivity index (χ3n) is 2.65. The van der Waals surface area contributed by atoms with Gasteiger partial charge in [-0.05, 0) is 17.5 Å². The van der Waals surface area contributed by atoms with Crippen LogP contribution in [-0.4, -0.2) is 0 Å². The Morgan fingerprint density at radius 3 is 2.06 bits per heavy atom. The lowest BCUT2D eigenvalue weighted by atomic mass is 9.82. The van der Waals surface area contributed by atoms with Gasteiger partial charge in [0.2, 0.25) is 0 Å². The largest absolute Gasteiger partial charge is 0.416 e. The van der Waals surface area contributed by atoms with Crippen molar-refractivity contribution in [1.82, 2.24) is 0 Å². The number of benzene rings is 1. The monoisotopic (exact) mass is 283 g/mol. The molecule has 18 heavy (non-hydrogen) atoms. The van der Waals surface area contributed by atoms with E-state index < -0.39 is 34.0 Å². The topological polar surface area (TPSA) is 26.0 Å². The Labute approximate surface area is 108 Å². The van der Waals surface area contributed by atoms with Crippen molar-refractivity contribution in [2.75, 3.05) is 0 Å². The predicted molar refractivity (Wildman–Crippen MR) is 62.8 cm³/mol. The minimum Gasteiger partial charge on any atom is -0.323 e. The number of rotatable bonds is 1. The zero-order valence-corrected chi connectivity index (χ0v) is 11.0. The highest BCUT2D eigenvalue weighted by Gasteiger charge is 2.34. The molecular weight excluding hydrogens is 270 g/mol. The highest BCUT2D eigenvalue weighted by Crippen LogP contribution is 2.38. The smallest absolute Gasteiger partial charge is 0.323 e. The fourth-order valence-corrected chi connectivity index (χ4v) is 1.69. The van der Waals surface area contributed by atoms with E-state index in [1.54, 1.807) is 20.8 Å². The molecule has 0 aliphatic rings. The van der Waals surface area contributed by atoms with Gasteiger partial charge >= 0.3 is 6.18 Å². The summed E-state index contributed by atoms with van der Waals surface area (Å²) in [5.74, 6) is -0.896. The van der Waals surface area contributed by atoms with E-state index in [1.807, 2.05) is 0 Å². The van der Waals surface area contributed by atoms with E-state index in [-0.39, 0.29) is 5.56 Å². The first-order valence-corrected chi connectivity index (χ1v) is 5.64. The van der Waals surface area contributed by atoms with Crippen molar-refractivity contribution in [1.29, 1.82) is 0 Å². The Hall–Kier alpha value is -0.810. The van der Waals surface area contributed by atoms with Gasteiger partial charge in [-0.2, -0.15) is 13.2 Å². The van der Waals surface area contributed by atoms with E-state index in [0.717, 1.165) is 6.07 Å². The molecule has 0 saturated heterocycles. The van der Waals surface area contributed by atoms with Gasteiger partial charge in [-0.3, -0.25) is 0 Å². The van der Waals surface area contributed by atoms with Crippen LogP contribution in [0.3, 0.4) is 0 Å². The summed E-state index contributed by atoms with van der Waals surface area (Å²) in [6.45, 7) is 5.14. The number of nitrogens with two attached hydrogens (primary N) is 1. The number of hydrogen-bond donors (Lipinski definition) is 1. The van der Waals surface area contributed by atoms with Crippen molar-refractivity contribution in [2.24, 2.45) is 11.1 Å². The van der Waals surface area contributed by atoms with Crippen LogP contribution in [-0.2, 0) is 6.18 Å². The first-order valence-electron chi connectivity index (χ1n) is 5.26. The molecule has 0 radical (unpaired) electrons. The minimum absolute atomic E-state index is 0.220. The second-order valence-electron chi connectivity index (χ2n) is 5.20. The normalized spacial score (nSPS) is 14.7. The van der Waals surface area contributed by atoms with Crippen molar-refractivity contribution in [3.8, 4) is 0 Å². The maximum Gasteiger partial charge on any atom is 0.416 e. The molecule has 0 aliphatic carbocycles. The van der Waals surface area contributed by atoms with Gasteiger partial charge in [-0.1, -0.05) is 32.4 Å². The van der Waals surface area contributed by atoms with Crippen LogP contribution < -0.4 is 5.73 Å².